The Labute approximate surface area is 125 Å². The zero-order valence-corrected chi connectivity index (χ0v) is 11.6. The number of halogens is 3. The molecule has 22 heavy (non-hydrogen) atoms. The SMILES string of the molecule is Fc1cc(C2NCCc3c2[nH]c2ccccc32)cc(F)c1F. The van der Waals surface area contributed by atoms with Gasteiger partial charge in [-0.1, -0.05) is 18.2 Å². The molecule has 1 aliphatic rings. The van der Waals surface area contributed by atoms with E-state index in [1.807, 2.05) is 24.3 Å². The maximum Gasteiger partial charge on any atom is 0.194 e. The van der Waals surface area contributed by atoms with Gasteiger partial charge in [0.1, 0.15) is 0 Å². The van der Waals surface area contributed by atoms with E-state index in [9.17, 15) is 13.2 Å². The van der Waals surface area contributed by atoms with Gasteiger partial charge in [0.25, 0.3) is 0 Å². The monoisotopic (exact) mass is 302 g/mol. The van der Waals surface area contributed by atoms with Crippen molar-refractivity contribution >= 4 is 10.9 Å². The van der Waals surface area contributed by atoms with Crippen LogP contribution in [0.25, 0.3) is 10.9 Å². The maximum absolute atomic E-state index is 13.5. The molecule has 2 N–H and O–H groups in total. The highest BCUT2D eigenvalue weighted by molar-refractivity contribution is 5.85. The van der Waals surface area contributed by atoms with E-state index < -0.39 is 17.5 Å². The lowest BCUT2D eigenvalue weighted by Gasteiger charge is -2.25. The number of para-hydroxylation sites is 1. The Morgan fingerprint density at radius 2 is 1.73 bits per heavy atom. The number of benzene rings is 2. The van der Waals surface area contributed by atoms with Crippen LogP contribution >= 0.6 is 0 Å². The van der Waals surface area contributed by atoms with E-state index in [1.165, 1.54) is 0 Å². The molecule has 1 aromatic heterocycles. The number of fused-ring (bicyclic) bond motifs is 3. The third kappa shape index (κ3) is 1.93. The second-order valence-electron chi connectivity index (χ2n) is 5.50. The Bertz CT molecular complexity index is 846. The summed E-state index contributed by atoms with van der Waals surface area (Å²) in [6, 6.07) is 9.62. The first-order valence-corrected chi connectivity index (χ1v) is 7.12. The number of nitrogens with one attached hydrogen (secondary N) is 2. The van der Waals surface area contributed by atoms with Gasteiger partial charge >= 0.3 is 0 Å². The largest absolute Gasteiger partial charge is 0.357 e. The summed E-state index contributed by atoms with van der Waals surface area (Å²) in [4.78, 5) is 3.32. The molecule has 4 rings (SSSR count). The molecule has 0 fully saturated rings. The maximum atomic E-state index is 13.5. The molecule has 0 amide bonds. The van der Waals surface area contributed by atoms with Crippen molar-refractivity contribution in [3.05, 3.63) is 70.7 Å². The van der Waals surface area contributed by atoms with E-state index in [-0.39, 0.29) is 6.04 Å². The van der Waals surface area contributed by atoms with Gasteiger partial charge in [0.05, 0.1) is 6.04 Å². The summed E-state index contributed by atoms with van der Waals surface area (Å²) in [6.07, 6.45) is 0.835. The molecule has 1 unspecified atom stereocenters. The first-order valence-electron chi connectivity index (χ1n) is 7.12. The molecule has 0 saturated heterocycles. The van der Waals surface area contributed by atoms with Gasteiger partial charge in [0.2, 0.25) is 0 Å². The topological polar surface area (TPSA) is 27.8 Å². The first-order chi connectivity index (χ1) is 10.6. The number of hydrogen-bond donors (Lipinski definition) is 2. The predicted molar refractivity (Wildman–Crippen MR) is 78.2 cm³/mol. The Balaban J connectivity index is 1.89. The zero-order valence-electron chi connectivity index (χ0n) is 11.6. The quantitative estimate of drug-likeness (QED) is 0.657. The van der Waals surface area contributed by atoms with Crippen LogP contribution in [0.2, 0.25) is 0 Å². The lowest BCUT2D eigenvalue weighted by molar-refractivity contribution is 0.441. The van der Waals surface area contributed by atoms with Crippen LogP contribution in [0.1, 0.15) is 22.9 Å². The van der Waals surface area contributed by atoms with E-state index in [0.717, 1.165) is 40.7 Å². The van der Waals surface area contributed by atoms with E-state index in [4.69, 9.17) is 0 Å². The average Bonchev–Trinajstić information content (AvgIpc) is 2.90. The molecule has 0 bridgehead atoms. The second kappa shape index (κ2) is 4.88. The molecule has 2 nitrogen and oxygen atoms in total. The molecule has 0 radical (unpaired) electrons. The van der Waals surface area contributed by atoms with Crippen molar-refractivity contribution < 1.29 is 13.2 Å². The fourth-order valence-electron chi connectivity index (χ4n) is 3.21. The van der Waals surface area contributed by atoms with Crippen LogP contribution in [0.15, 0.2) is 36.4 Å². The molecule has 3 aromatic rings. The second-order valence-corrected chi connectivity index (χ2v) is 5.50. The minimum Gasteiger partial charge on any atom is -0.357 e. The summed E-state index contributed by atoms with van der Waals surface area (Å²) in [5, 5.41) is 4.36. The lowest BCUT2D eigenvalue weighted by Crippen LogP contribution is -2.30. The average molecular weight is 302 g/mol. The summed E-state index contributed by atoms with van der Waals surface area (Å²) in [7, 11) is 0. The summed E-state index contributed by atoms with van der Waals surface area (Å²) in [6.45, 7) is 0.695. The highest BCUT2D eigenvalue weighted by atomic mass is 19.2. The molecule has 5 heteroatoms. The lowest BCUT2D eigenvalue weighted by atomic mass is 9.94. The Kier molecular flexibility index (Phi) is 2.97. The van der Waals surface area contributed by atoms with E-state index in [1.54, 1.807) is 0 Å². The van der Waals surface area contributed by atoms with Gasteiger partial charge in [-0.3, -0.25) is 0 Å². The molecule has 0 aliphatic carbocycles. The van der Waals surface area contributed by atoms with Crippen LogP contribution in [-0.2, 0) is 6.42 Å². The van der Waals surface area contributed by atoms with Crippen molar-refractivity contribution in [2.75, 3.05) is 6.54 Å². The van der Waals surface area contributed by atoms with Gasteiger partial charge in [-0.25, -0.2) is 13.2 Å². The van der Waals surface area contributed by atoms with Crippen LogP contribution in [0.3, 0.4) is 0 Å². The van der Waals surface area contributed by atoms with E-state index >= 15 is 0 Å². The zero-order chi connectivity index (χ0) is 15.3. The van der Waals surface area contributed by atoms with Gasteiger partial charge < -0.3 is 10.3 Å². The van der Waals surface area contributed by atoms with Crippen LogP contribution < -0.4 is 5.32 Å². The van der Waals surface area contributed by atoms with Crippen molar-refractivity contribution in [3.63, 3.8) is 0 Å². The summed E-state index contributed by atoms with van der Waals surface area (Å²) in [5.41, 5.74) is 3.40. The standard InChI is InChI=1S/C17H13F3N2/c18-12-7-9(8-13(19)15(12)20)16-17-11(5-6-21-16)10-3-1-2-4-14(10)22-17/h1-4,7-8,16,21-22H,5-6H2. The molecule has 1 atom stereocenters. The van der Waals surface area contributed by atoms with E-state index in [2.05, 4.69) is 10.3 Å². The van der Waals surface area contributed by atoms with Crippen molar-refractivity contribution in [2.24, 2.45) is 0 Å². The summed E-state index contributed by atoms with van der Waals surface area (Å²) >= 11 is 0. The van der Waals surface area contributed by atoms with Gasteiger partial charge in [0.15, 0.2) is 17.5 Å². The number of rotatable bonds is 1. The van der Waals surface area contributed by atoms with Crippen LogP contribution in [0.5, 0.6) is 0 Å². The van der Waals surface area contributed by atoms with Crippen molar-refractivity contribution in [2.45, 2.75) is 12.5 Å². The molecular formula is C17H13F3N2. The first kappa shape index (κ1) is 13.4. The number of aromatic amines is 1. The molecule has 2 aromatic carbocycles. The van der Waals surface area contributed by atoms with Gasteiger partial charge in [-0.15, -0.1) is 0 Å². The molecule has 112 valence electrons. The predicted octanol–water partition coefficient (Wildman–Crippen LogP) is 3.82. The van der Waals surface area contributed by atoms with Crippen molar-refractivity contribution in [1.29, 1.82) is 0 Å². The molecule has 0 saturated carbocycles. The fourth-order valence-corrected chi connectivity index (χ4v) is 3.21. The molecule has 1 aliphatic heterocycles. The van der Waals surface area contributed by atoms with Crippen LogP contribution in [0.4, 0.5) is 13.2 Å². The molecule has 2 heterocycles. The van der Waals surface area contributed by atoms with Crippen molar-refractivity contribution in [3.8, 4) is 0 Å². The van der Waals surface area contributed by atoms with Gasteiger partial charge in [-0.2, -0.15) is 0 Å². The van der Waals surface area contributed by atoms with E-state index in [0.29, 0.717) is 12.1 Å². The normalized spacial score (nSPS) is 17.7. The number of aromatic nitrogens is 1. The number of hydrogen-bond acceptors (Lipinski definition) is 1. The fraction of sp³-hybridized carbons (Fsp3) is 0.176. The smallest absolute Gasteiger partial charge is 0.194 e. The van der Waals surface area contributed by atoms with Crippen LogP contribution in [-0.4, -0.2) is 11.5 Å². The highest BCUT2D eigenvalue weighted by Crippen LogP contribution is 2.34. The minimum atomic E-state index is -1.43. The molecule has 0 spiro atoms. The Hall–Kier alpha value is -2.27. The third-order valence-corrected chi connectivity index (χ3v) is 4.20. The third-order valence-electron chi connectivity index (χ3n) is 4.20. The summed E-state index contributed by atoms with van der Waals surface area (Å²) in [5.74, 6) is -3.77. The number of H-pyrrole nitrogens is 1. The highest BCUT2D eigenvalue weighted by Gasteiger charge is 2.26. The van der Waals surface area contributed by atoms with Gasteiger partial charge in [0, 0.05) is 23.1 Å². The van der Waals surface area contributed by atoms with Crippen molar-refractivity contribution in [1.82, 2.24) is 10.3 Å². The van der Waals surface area contributed by atoms with Crippen LogP contribution in [0, 0.1) is 17.5 Å². The minimum absolute atomic E-state index is 0.374. The Morgan fingerprint density at radius 1 is 1.00 bits per heavy atom. The van der Waals surface area contributed by atoms with Gasteiger partial charge in [-0.05, 0) is 35.7 Å². The summed E-state index contributed by atoms with van der Waals surface area (Å²) < 4.78 is 40.2. The Morgan fingerprint density at radius 3 is 2.50 bits per heavy atom. The molecular weight excluding hydrogens is 289 g/mol.